The Hall–Kier alpha value is -5.39. The van der Waals surface area contributed by atoms with Crippen molar-refractivity contribution in [3.05, 3.63) is 71.4 Å². The van der Waals surface area contributed by atoms with Crippen molar-refractivity contribution in [2.24, 2.45) is 0 Å². The molecule has 14 nitrogen and oxygen atoms in total. The first-order chi connectivity index (χ1) is 23.3. The smallest absolute Gasteiger partial charge is 0.407 e. The maximum Gasteiger partial charge on any atom is 0.407 e. The number of methoxy groups -OCH3 is 2. The molecule has 3 amide bonds. The van der Waals surface area contributed by atoms with E-state index >= 15 is 0 Å². The van der Waals surface area contributed by atoms with Crippen molar-refractivity contribution in [1.29, 1.82) is 0 Å². The lowest BCUT2D eigenvalue weighted by Crippen LogP contribution is -2.43. The van der Waals surface area contributed by atoms with Crippen LogP contribution in [-0.4, -0.2) is 99.6 Å². The van der Waals surface area contributed by atoms with Gasteiger partial charge in [0.25, 0.3) is 0 Å². The number of nitrogens with one attached hydrogen (secondary N) is 4. The van der Waals surface area contributed by atoms with Gasteiger partial charge in [-0.2, -0.15) is 0 Å². The van der Waals surface area contributed by atoms with Crippen LogP contribution in [0.15, 0.2) is 48.7 Å². The van der Waals surface area contributed by atoms with Crippen molar-refractivity contribution < 1.29 is 29.0 Å². The first kappa shape index (κ1) is 32.5. The van der Waals surface area contributed by atoms with Crippen LogP contribution in [0.3, 0.4) is 0 Å². The SMILES string of the molecule is COC(=O)NCC(=O)N1CCC[C@H]1c1ncc(-c2ccc(C#Cc3ccc4nc([C@@H]5CCCN5C(O)CNC(=O)OC)[nH]c4c3)cc2)[nH]1. The fraction of sp³-hybridized carbons (Fsp3) is 0.382. The van der Waals surface area contributed by atoms with Gasteiger partial charge in [0, 0.05) is 24.2 Å². The number of benzene rings is 2. The molecule has 0 saturated carbocycles. The summed E-state index contributed by atoms with van der Waals surface area (Å²) < 4.78 is 9.16. The van der Waals surface area contributed by atoms with E-state index in [1.165, 1.54) is 14.2 Å². The number of likely N-dealkylation sites (tertiary alicyclic amines) is 2. The molecule has 0 aliphatic carbocycles. The number of carbonyl (C=O) groups excluding carboxylic acids is 3. The molecule has 2 fully saturated rings. The first-order valence-electron chi connectivity index (χ1n) is 15.9. The van der Waals surface area contributed by atoms with Crippen molar-refractivity contribution in [1.82, 2.24) is 40.4 Å². The van der Waals surface area contributed by atoms with E-state index in [0.717, 1.165) is 64.9 Å². The highest BCUT2D eigenvalue weighted by molar-refractivity contribution is 5.82. The van der Waals surface area contributed by atoms with Crippen LogP contribution < -0.4 is 10.6 Å². The minimum atomic E-state index is -0.857. The minimum absolute atomic E-state index is 0.0629. The highest BCUT2D eigenvalue weighted by atomic mass is 16.5. The molecule has 14 heteroatoms. The van der Waals surface area contributed by atoms with Crippen molar-refractivity contribution in [2.45, 2.75) is 44.0 Å². The third-order valence-electron chi connectivity index (χ3n) is 8.71. The summed E-state index contributed by atoms with van der Waals surface area (Å²) >= 11 is 0. The number of amides is 3. The summed E-state index contributed by atoms with van der Waals surface area (Å²) in [6.45, 7) is 1.23. The molecule has 2 aromatic carbocycles. The monoisotopic (exact) mass is 654 g/mol. The van der Waals surface area contributed by atoms with Crippen molar-refractivity contribution >= 4 is 29.1 Å². The fourth-order valence-electron chi connectivity index (χ4n) is 6.27. The number of rotatable bonds is 8. The summed E-state index contributed by atoms with van der Waals surface area (Å²) in [6, 6.07) is 13.4. The van der Waals surface area contributed by atoms with Crippen LogP contribution in [0.4, 0.5) is 9.59 Å². The topological polar surface area (TPSA) is 178 Å². The summed E-state index contributed by atoms with van der Waals surface area (Å²) in [6.07, 6.45) is 3.08. The van der Waals surface area contributed by atoms with Gasteiger partial charge >= 0.3 is 12.2 Å². The Bertz CT molecular complexity index is 1840. The molecule has 4 aromatic rings. The third-order valence-corrected chi connectivity index (χ3v) is 8.71. The molecule has 0 radical (unpaired) electrons. The highest BCUT2D eigenvalue weighted by Crippen LogP contribution is 2.33. The maximum atomic E-state index is 12.7. The molecule has 6 rings (SSSR count). The summed E-state index contributed by atoms with van der Waals surface area (Å²) in [5.74, 6) is 7.76. The number of ether oxygens (including phenoxy) is 2. The largest absolute Gasteiger partial charge is 0.453 e. The molecule has 48 heavy (non-hydrogen) atoms. The van der Waals surface area contributed by atoms with E-state index in [-0.39, 0.29) is 31.1 Å². The standard InChI is InChI=1S/C34H38N8O6/c1-47-33(45)36-19-29(43)41-15-3-5-27(41)31-35-18-26(40-31)23-12-9-21(10-13-23)7-8-22-11-14-24-25(17-22)39-32(38-24)28-6-4-16-42(28)30(44)20-37-34(46)48-2/h9-14,17-18,27-28,30,44H,3-6,15-16,19-20H2,1-2H3,(H,35,40)(H,36,45)(H,37,46)(H,38,39)/t27-,28-,30?/m0/s1. The molecule has 2 saturated heterocycles. The minimum Gasteiger partial charge on any atom is -0.453 e. The average molecular weight is 655 g/mol. The number of hydrogen-bond acceptors (Lipinski definition) is 9. The Kier molecular flexibility index (Phi) is 9.88. The zero-order chi connectivity index (χ0) is 33.6. The van der Waals surface area contributed by atoms with E-state index < -0.39 is 18.4 Å². The van der Waals surface area contributed by atoms with Gasteiger partial charge in [0.05, 0.1) is 55.8 Å². The number of fused-ring (bicyclic) bond motifs is 1. The summed E-state index contributed by atoms with van der Waals surface area (Å²) in [5, 5.41) is 15.7. The number of alkyl carbamates (subject to hydrolysis) is 2. The van der Waals surface area contributed by atoms with Gasteiger partial charge in [-0.3, -0.25) is 9.69 Å². The van der Waals surface area contributed by atoms with Crippen LogP contribution >= 0.6 is 0 Å². The van der Waals surface area contributed by atoms with Crippen LogP contribution in [-0.2, 0) is 14.3 Å². The van der Waals surface area contributed by atoms with Crippen molar-refractivity contribution in [3.8, 4) is 23.1 Å². The van der Waals surface area contributed by atoms with Crippen LogP contribution in [0.5, 0.6) is 0 Å². The van der Waals surface area contributed by atoms with Gasteiger partial charge in [0.15, 0.2) is 0 Å². The number of H-pyrrole nitrogens is 2. The molecular formula is C34H38N8O6. The number of aromatic amines is 2. The molecule has 4 heterocycles. The fourth-order valence-corrected chi connectivity index (χ4v) is 6.27. The molecular weight excluding hydrogens is 616 g/mol. The Balaban J connectivity index is 1.09. The van der Waals surface area contributed by atoms with E-state index in [2.05, 4.69) is 46.9 Å². The normalized spacial score (nSPS) is 18.3. The van der Waals surface area contributed by atoms with Gasteiger partial charge in [0.1, 0.15) is 24.4 Å². The van der Waals surface area contributed by atoms with E-state index in [1.54, 1.807) is 11.1 Å². The third kappa shape index (κ3) is 7.27. The van der Waals surface area contributed by atoms with E-state index in [1.807, 2.05) is 47.4 Å². The van der Waals surface area contributed by atoms with Crippen LogP contribution in [0.2, 0.25) is 0 Å². The summed E-state index contributed by atoms with van der Waals surface area (Å²) in [7, 11) is 2.55. The molecule has 0 spiro atoms. The second-order valence-corrected chi connectivity index (χ2v) is 11.7. The highest BCUT2D eigenvalue weighted by Gasteiger charge is 2.34. The zero-order valence-corrected chi connectivity index (χ0v) is 26.8. The lowest BCUT2D eigenvalue weighted by Gasteiger charge is -2.28. The zero-order valence-electron chi connectivity index (χ0n) is 26.8. The van der Waals surface area contributed by atoms with Gasteiger partial charge in [-0.05, 0) is 61.6 Å². The van der Waals surface area contributed by atoms with Crippen molar-refractivity contribution in [3.63, 3.8) is 0 Å². The second kappa shape index (κ2) is 14.6. The number of hydrogen-bond donors (Lipinski definition) is 5. The van der Waals surface area contributed by atoms with Gasteiger partial charge in [-0.25, -0.2) is 19.6 Å². The molecule has 5 N–H and O–H groups in total. The van der Waals surface area contributed by atoms with E-state index in [9.17, 15) is 19.5 Å². The predicted molar refractivity (Wildman–Crippen MR) is 175 cm³/mol. The van der Waals surface area contributed by atoms with Crippen LogP contribution in [0.25, 0.3) is 22.3 Å². The Morgan fingerprint density at radius 1 is 0.938 bits per heavy atom. The average Bonchev–Trinajstić information content (AvgIpc) is 3.94. The molecule has 0 bridgehead atoms. The molecule has 2 aliphatic heterocycles. The molecule has 3 atom stereocenters. The van der Waals surface area contributed by atoms with Crippen LogP contribution in [0.1, 0.15) is 60.5 Å². The number of aromatic nitrogens is 4. The maximum absolute atomic E-state index is 12.7. The second-order valence-electron chi connectivity index (χ2n) is 11.7. The lowest BCUT2D eigenvalue weighted by atomic mass is 10.1. The quantitative estimate of drug-likeness (QED) is 0.179. The molecule has 250 valence electrons. The Morgan fingerprint density at radius 3 is 2.44 bits per heavy atom. The summed E-state index contributed by atoms with van der Waals surface area (Å²) in [4.78, 5) is 55.3. The number of nitrogens with zero attached hydrogens (tertiary/aromatic N) is 4. The summed E-state index contributed by atoms with van der Waals surface area (Å²) in [5.41, 5.74) is 5.15. The van der Waals surface area contributed by atoms with Gasteiger partial charge in [-0.1, -0.05) is 24.0 Å². The number of imidazole rings is 2. The Labute approximate surface area is 277 Å². The van der Waals surface area contributed by atoms with Gasteiger partial charge < -0.3 is 40.1 Å². The van der Waals surface area contributed by atoms with Gasteiger partial charge in [-0.15, -0.1) is 0 Å². The number of carbonyl (C=O) groups is 3. The number of aliphatic hydroxyl groups excluding tert-OH is 1. The predicted octanol–water partition coefficient (Wildman–Crippen LogP) is 3.18. The number of aliphatic hydroxyl groups is 1. The molecule has 1 unspecified atom stereocenters. The molecule has 2 aliphatic rings. The Morgan fingerprint density at radius 2 is 1.65 bits per heavy atom. The van der Waals surface area contributed by atoms with Gasteiger partial charge in [0.2, 0.25) is 5.91 Å². The lowest BCUT2D eigenvalue weighted by molar-refractivity contribution is -0.131. The van der Waals surface area contributed by atoms with E-state index in [4.69, 9.17) is 4.98 Å². The first-order valence-corrected chi connectivity index (χ1v) is 15.9. The molecule has 2 aromatic heterocycles. The van der Waals surface area contributed by atoms with Crippen molar-refractivity contribution in [2.75, 3.05) is 40.4 Å². The van der Waals surface area contributed by atoms with E-state index in [0.29, 0.717) is 18.9 Å². The van der Waals surface area contributed by atoms with Crippen LogP contribution in [0, 0.1) is 11.8 Å².